The number of rotatable bonds is 5. The molecule has 0 radical (unpaired) electrons. The molecule has 0 amide bonds. The van der Waals surface area contributed by atoms with Crippen LogP contribution >= 0.6 is 0 Å². The Hall–Kier alpha value is -3.56. The number of halogens is 3. The van der Waals surface area contributed by atoms with Gasteiger partial charge < -0.3 is 9.57 Å². The minimum Gasteiger partial charge on any atom is -0.467 e. The van der Waals surface area contributed by atoms with Crippen LogP contribution in [0.4, 0.5) is 13.2 Å². The largest absolute Gasteiger partial charge is 0.467 e. The maximum Gasteiger partial charge on any atom is 0.416 e. The van der Waals surface area contributed by atoms with Gasteiger partial charge in [0.15, 0.2) is 5.75 Å². The first kappa shape index (κ1) is 21.2. The fraction of sp³-hybridized carbons (Fsp3) is 0.250. The zero-order chi connectivity index (χ0) is 22.1. The summed E-state index contributed by atoms with van der Waals surface area (Å²) < 4.78 is 46.4. The van der Waals surface area contributed by atoms with Gasteiger partial charge in [0.1, 0.15) is 5.69 Å². The standard InChI is InChI=1S/C20H19F3N4O3/c1-12-7-5-10-16(27-18(29-4)24-26(3)19(27)28)17(12)30-25-13(2)14-8-6-9-15(11-14)20(21,22)23/h5-11H,1-4H3/b25-13-. The summed E-state index contributed by atoms with van der Waals surface area (Å²) in [7, 11) is 2.86. The molecule has 30 heavy (non-hydrogen) atoms. The Morgan fingerprint density at radius 1 is 1.17 bits per heavy atom. The van der Waals surface area contributed by atoms with Crippen molar-refractivity contribution in [3.05, 3.63) is 69.6 Å². The molecule has 10 heteroatoms. The van der Waals surface area contributed by atoms with Crippen molar-refractivity contribution in [1.29, 1.82) is 0 Å². The maximum absolute atomic E-state index is 13.0. The van der Waals surface area contributed by atoms with Crippen molar-refractivity contribution in [1.82, 2.24) is 14.3 Å². The lowest BCUT2D eigenvalue weighted by Gasteiger charge is -2.12. The van der Waals surface area contributed by atoms with Crippen LogP contribution in [0.5, 0.6) is 11.8 Å². The molecule has 1 aromatic heterocycles. The van der Waals surface area contributed by atoms with E-state index < -0.39 is 17.4 Å². The molecule has 0 bridgehead atoms. The van der Waals surface area contributed by atoms with Crippen molar-refractivity contribution in [2.24, 2.45) is 12.2 Å². The summed E-state index contributed by atoms with van der Waals surface area (Å²) in [5.74, 6) is 0.247. The van der Waals surface area contributed by atoms with Crippen LogP contribution in [0.15, 0.2) is 52.4 Å². The van der Waals surface area contributed by atoms with Crippen molar-refractivity contribution in [2.75, 3.05) is 7.11 Å². The number of aromatic nitrogens is 3. The molecule has 7 nitrogen and oxygen atoms in total. The van der Waals surface area contributed by atoms with Crippen molar-refractivity contribution in [2.45, 2.75) is 20.0 Å². The van der Waals surface area contributed by atoms with Gasteiger partial charge in [-0.05, 0) is 43.2 Å². The van der Waals surface area contributed by atoms with Gasteiger partial charge in [-0.15, -0.1) is 5.10 Å². The van der Waals surface area contributed by atoms with E-state index in [1.165, 1.54) is 37.8 Å². The molecule has 158 valence electrons. The normalized spacial score (nSPS) is 12.2. The van der Waals surface area contributed by atoms with Gasteiger partial charge >= 0.3 is 17.9 Å². The van der Waals surface area contributed by atoms with E-state index >= 15 is 0 Å². The van der Waals surface area contributed by atoms with E-state index in [0.29, 0.717) is 11.3 Å². The van der Waals surface area contributed by atoms with Crippen LogP contribution in [0.25, 0.3) is 5.69 Å². The first-order valence-electron chi connectivity index (χ1n) is 8.82. The van der Waals surface area contributed by atoms with Crippen LogP contribution in [0, 0.1) is 6.92 Å². The molecule has 1 heterocycles. The molecule has 0 fully saturated rings. The summed E-state index contributed by atoms with van der Waals surface area (Å²) >= 11 is 0. The van der Waals surface area contributed by atoms with E-state index in [-0.39, 0.29) is 23.0 Å². The predicted octanol–water partition coefficient (Wildman–Crippen LogP) is 3.71. The molecule has 0 spiro atoms. The highest BCUT2D eigenvalue weighted by Crippen LogP contribution is 2.31. The van der Waals surface area contributed by atoms with Crippen molar-refractivity contribution < 1.29 is 22.7 Å². The zero-order valence-electron chi connectivity index (χ0n) is 16.7. The second kappa shape index (κ2) is 8.05. The van der Waals surface area contributed by atoms with Crippen LogP contribution in [-0.4, -0.2) is 27.2 Å². The van der Waals surface area contributed by atoms with Crippen LogP contribution < -0.4 is 15.3 Å². The number of benzene rings is 2. The fourth-order valence-corrected chi connectivity index (χ4v) is 2.80. The van der Waals surface area contributed by atoms with E-state index in [1.54, 1.807) is 25.1 Å². The summed E-state index contributed by atoms with van der Waals surface area (Å²) in [5, 5.41) is 7.99. The number of methoxy groups -OCH3 is 1. The van der Waals surface area contributed by atoms with E-state index in [2.05, 4.69) is 10.3 Å². The van der Waals surface area contributed by atoms with Crippen molar-refractivity contribution in [3.8, 4) is 17.4 Å². The molecule has 3 rings (SSSR count). The molecule has 0 saturated carbocycles. The van der Waals surface area contributed by atoms with Gasteiger partial charge in [-0.3, -0.25) is 0 Å². The van der Waals surface area contributed by atoms with Crippen LogP contribution in [0.3, 0.4) is 0 Å². The summed E-state index contributed by atoms with van der Waals surface area (Å²) in [6, 6.07) is 9.94. The maximum atomic E-state index is 13.0. The molecule has 3 aromatic rings. The monoisotopic (exact) mass is 420 g/mol. The lowest BCUT2D eigenvalue weighted by Crippen LogP contribution is -2.22. The summed E-state index contributed by atoms with van der Waals surface area (Å²) in [5.41, 5.74) is 0.256. The molecule has 0 saturated heterocycles. The lowest BCUT2D eigenvalue weighted by atomic mass is 10.1. The smallest absolute Gasteiger partial charge is 0.416 e. The third-order valence-electron chi connectivity index (χ3n) is 4.39. The number of para-hydroxylation sites is 1. The molecule has 0 aliphatic rings. The Morgan fingerprint density at radius 2 is 1.87 bits per heavy atom. The Balaban J connectivity index is 2.02. The van der Waals surface area contributed by atoms with E-state index in [4.69, 9.17) is 9.57 Å². The van der Waals surface area contributed by atoms with Crippen LogP contribution in [0.2, 0.25) is 0 Å². The molecule has 0 atom stereocenters. The van der Waals surface area contributed by atoms with Crippen molar-refractivity contribution in [3.63, 3.8) is 0 Å². The second-order valence-electron chi connectivity index (χ2n) is 6.50. The average Bonchev–Trinajstić information content (AvgIpc) is 3.00. The minimum atomic E-state index is -4.46. The number of aryl methyl sites for hydroxylation is 2. The molecule has 0 aliphatic carbocycles. The zero-order valence-corrected chi connectivity index (χ0v) is 16.7. The molecule has 0 aliphatic heterocycles. The van der Waals surface area contributed by atoms with Gasteiger partial charge in [0.25, 0.3) is 0 Å². The van der Waals surface area contributed by atoms with Gasteiger partial charge in [-0.2, -0.15) is 13.2 Å². The Labute approximate surface area is 170 Å². The van der Waals surface area contributed by atoms with Crippen LogP contribution in [0.1, 0.15) is 23.6 Å². The first-order chi connectivity index (χ1) is 14.1. The molecular formula is C20H19F3N4O3. The van der Waals surface area contributed by atoms with E-state index in [1.807, 2.05) is 0 Å². The number of hydrogen-bond donors (Lipinski definition) is 0. The number of hydrogen-bond acceptors (Lipinski definition) is 5. The Morgan fingerprint density at radius 3 is 2.53 bits per heavy atom. The Bertz CT molecular complexity index is 1160. The molecule has 0 N–H and O–H groups in total. The second-order valence-corrected chi connectivity index (χ2v) is 6.50. The van der Waals surface area contributed by atoms with Gasteiger partial charge in [-0.1, -0.05) is 29.4 Å². The Kier molecular flexibility index (Phi) is 5.68. The quantitative estimate of drug-likeness (QED) is 0.466. The topological polar surface area (TPSA) is 70.6 Å². The predicted molar refractivity (Wildman–Crippen MR) is 104 cm³/mol. The highest BCUT2D eigenvalue weighted by Gasteiger charge is 2.30. The third kappa shape index (κ3) is 4.07. The van der Waals surface area contributed by atoms with Gasteiger partial charge in [0, 0.05) is 7.05 Å². The summed E-state index contributed by atoms with van der Waals surface area (Å²) in [6.45, 7) is 3.28. The van der Waals surface area contributed by atoms with Gasteiger partial charge in [0.2, 0.25) is 0 Å². The average molecular weight is 420 g/mol. The molecule has 2 aromatic carbocycles. The van der Waals surface area contributed by atoms with Gasteiger partial charge in [-0.25, -0.2) is 14.0 Å². The third-order valence-corrected chi connectivity index (χ3v) is 4.39. The fourth-order valence-electron chi connectivity index (χ4n) is 2.80. The van der Waals surface area contributed by atoms with E-state index in [0.717, 1.165) is 16.8 Å². The number of nitrogens with zero attached hydrogens (tertiary/aromatic N) is 4. The minimum absolute atomic E-state index is 0.0523. The number of ether oxygens (including phenoxy) is 1. The van der Waals surface area contributed by atoms with Gasteiger partial charge in [0.05, 0.1) is 18.4 Å². The highest BCUT2D eigenvalue weighted by atomic mass is 19.4. The van der Waals surface area contributed by atoms with Crippen molar-refractivity contribution >= 4 is 5.71 Å². The van der Waals surface area contributed by atoms with Crippen LogP contribution in [-0.2, 0) is 13.2 Å². The lowest BCUT2D eigenvalue weighted by molar-refractivity contribution is -0.137. The summed E-state index contributed by atoms with van der Waals surface area (Å²) in [6.07, 6.45) is -4.46. The summed E-state index contributed by atoms with van der Waals surface area (Å²) in [4.78, 5) is 18.1. The number of oxime groups is 1. The first-order valence-corrected chi connectivity index (χ1v) is 8.82. The highest BCUT2D eigenvalue weighted by molar-refractivity contribution is 5.98. The molecule has 0 unspecified atom stereocenters. The van der Waals surface area contributed by atoms with E-state index in [9.17, 15) is 18.0 Å². The number of alkyl halides is 3. The molecular weight excluding hydrogens is 401 g/mol. The SMILES string of the molecule is COc1nn(C)c(=O)n1-c1cccc(C)c1O/N=C(/C)c1cccc(C(F)(F)F)c1.